The molecule has 7 nitrogen and oxygen atoms in total. The van der Waals surface area contributed by atoms with Crippen LogP contribution in [0.15, 0.2) is 36.4 Å². The smallest absolute Gasteiger partial charge is 0.325 e. The van der Waals surface area contributed by atoms with Gasteiger partial charge in [-0.2, -0.15) is 13.2 Å². The number of carbonyl (C=O) groups excluding carboxylic acids is 2. The van der Waals surface area contributed by atoms with E-state index in [4.69, 9.17) is 0 Å². The highest BCUT2D eigenvalue weighted by Crippen LogP contribution is 2.34. The van der Waals surface area contributed by atoms with E-state index in [2.05, 4.69) is 10.6 Å². The predicted octanol–water partition coefficient (Wildman–Crippen LogP) is 4.13. The van der Waals surface area contributed by atoms with Crippen molar-refractivity contribution in [2.45, 2.75) is 20.0 Å². The van der Waals surface area contributed by atoms with E-state index < -0.39 is 28.5 Å². The zero-order valence-electron chi connectivity index (χ0n) is 14.2. The van der Waals surface area contributed by atoms with E-state index in [1.165, 1.54) is 26.0 Å². The van der Waals surface area contributed by atoms with Gasteiger partial charge in [-0.25, -0.2) is 0 Å². The van der Waals surface area contributed by atoms with E-state index in [1.54, 1.807) is 0 Å². The lowest BCUT2D eigenvalue weighted by Gasteiger charge is -2.15. The maximum atomic E-state index is 12.9. The molecule has 27 heavy (non-hydrogen) atoms. The van der Waals surface area contributed by atoms with Crippen LogP contribution in [0.4, 0.5) is 30.2 Å². The molecule has 0 unspecified atom stereocenters. The monoisotopic (exact) mass is 381 g/mol. The molecule has 2 N–H and O–H groups in total. The molecule has 0 heterocycles. The van der Waals surface area contributed by atoms with Crippen molar-refractivity contribution in [1.82, 2.24) is 0 Å². The molecule has 2 amide bonds. The summed E-state index contributed by atoms with van der Waals surface area (Å²) in [6.45, 7) is 2.60. The van der Waals surface area contributed by atoms with Gasteiger partial charge in [-0.15, -0.1) is 0 Å². The molecule has 0 saturated heterocycles. The number of nitro groups is 1. The maximum absolute atomic E-state index is 12.9. The van der Waals surface area contributed by atoms with Crippen LogP contribution in [-0.2, 0) is 11.0 Å². The fraction of sp³-hybridized carbons (Fsp3) is 0.176. The minimum Gasteiger partial charge on any atom is -0.325 e. The molecule has 0 bridgehead atoms. The third-order valence-corrected chi connectivity index (χ3v) is 3.56. The molecule has 0 aliphatic carbocycles. The van der Waals surface area contributed by atoms with E-state index in [0.29, 0.717) is 6.07 Å². The second-order valence-corrected chi connectivity index (χ2v) is 5.65. The average Bonchev–Trinajstić information content (AvgIpc) is 2.54. The second-order valence-electron chi connectivity index (χ2n) is 5.65. The minimum atomic E-state index is -4.64. The molecule has 2 rings (SSSR count). The number of nitrogens with one attached hydrogen (secondary N) is 2. The maximum Gasteiger partial charge on any atom is 0.416 e. The van der Waals surface area contributed by atoms with Gasteiger partial charge in [0, 0.05) is 24.1 Å². The molecular formula is C17H14F3N3O4. The molecule has 2 aromatic rings. The highest BCUT2D eigenvalue weighted by molar-refractivity contribution is 6.07. The Labute approximate surface area is 151 Å². The van der Waals surface area contributed by atoms with Gasteiger partial charge < -0.3 is 10.6 Å². The van der Waals surface area contributed by atoms with Gasteiger partial charge in [-0.3, -0.25) is 19.7 Å². The standard InChI is InChI=1S/C17H14F3N3O4/c1-9-7-11(3-6-15(9)23(26)27)16(25)22-14-8-12(17(18,19)20)4-5-13(14)21-10(2)24/h3-8H,1-2H3,(H,21,24)(H,22,25). The van der Waals surface area contributed by atoms with Crippen LogP contribution in [0.2, 0.25) is 0 Å². The molecule has 0 fully saturated rings. The van der Waals surface area contributed by atoms with Crippen LogP contribution in [0.3, 0.4) is 0 Å². The Kier molecular flexibility index (Phi) is 5.48. The minimum absolute atomic E-state index is 0.0116. The van der Waals surface area contributed by atoms with Crippen molar-refractivity contribution in [1.29, 1.82) is 0 Å². The van der Waals surface area contributed by atoms with E-state index in [-0.39, 0.29) is 28.2 Å². The molecule has 0 aliphatic heterocycles. The summed E-state index contributed by atoms with van der Waals surface area (Å²) in [6.07, 6.45) is -4.64. The highest BCUT2D eigenvalue weighted by atomic mass is 19.4. The number of rotatable bonds is 4. The number of amides is 2. The first kappa shape index (κ1) is 19.9. The van der Waals surface area contributed by atoms with Crippen LogP contribution in [-0.4, -0.2) is 16.7 Å². The topological polar surface area (TPSA) is 101 Å². The lowest BCUT2D eigenvalue weighted by molar-refractivity contribution is -0.385. The fourth-order valence-corrected chi connectivity index (χ4v) is 2.32. The summed E-state index contributed by atoms with van der Waals surface area (Å²) in [6, 6.07) is 6.07. The van der Waals surface area contributed by atoms with Gasteiger partial charge in [0.25, 0.3) is 11.6 Å². The van der Waals surface area contributed by atoms with E-state index in [0.717, 1.165) is 18.2 Å². The van der Waals surface area contributed by atoms with Crippen molar-refractivity contribution in [2.24, 2.45) is 0 Å². The lowest BCUT2D eigenvalue weighted by Crippen LogP contribution is -2.16. The molecule has 0 aliphatic rings. The number of nitrogens with zero attached hydrogens (tertiary/aromatic N) is 1. The second kappa shape index (κ2) is 7.44. The van der Waals surface area contributed by atoms with Crippen molar-refractivity contribution >= 4 is 28.9 Å². The van der Waals surface area contributed by atoms with Crippen molar-refractivity contribution in [3.63, 3.8) is 0 Å². The third kappa shape index (κ3) is 4.81. The summed E-state index contributed by atoms with van der Waals surface area (Å²) in [7, 11) is 0. The molecule has 0 spiro atoms. The van der Waals surface area contributed by atoms with Crippen molar-refractivity contribution in [2.75, 3.05) is 10.6 Å². The number of nitro benzene ring substituents is 1. The normalized spacial score (nSPS) is 11.0. The Hall–Kier alpha value is -3.43. The molecule has 0 saturated carbocycles. The first-order valence-electron chi connectivity index (χ1n) is 7.54. The number of hydrogen-bond acceptors (Lipinski definition) is 4. The molecule has 142 valence electrons. The van der Waals surface area contributed by atoms with Crippen molar-refractivity contribution < 1.29 is 27.7 Å². The zero-order valence-corrected chi connectivity index (χ0v) is 14.2. The van der Waals surface area contributed by atoms with Gasteiger partial charge in [0.1, 0.15) is 0 Å². The number of alkyl halides is 3. The number of hydrogen-bond donors (Lipinski definition) is 2. The molecular weight excluding hydrogens is 367 g/mol. The lowest BCUT2D eigenvalue weighted by atomic mass is 10.1. The van der Waals surface area contributed by atoms with Crippen LogP contribution >= 0.6 is 0 Å². The van der Waals surface area contributed by atoms with Gasteiger partial charge in [0.05, 0.1) is 21.9 Å². The average molecular weight is 381 g/mol. The summed E-state index contributed by atoms with van der Waals surface area (Å²) in [4.78, 5) is 33.8. The number of benzene rings is 2. The summed E-state index contributed by atoms with van der Waals surface area (Å²) in [5, 5.41) is 15.5. The van der Waals surface area contributed by atoms with E-state index in [1.807, 2.05) is 0 Å². The highest BCUT2D eigenvalue weighted by Gasteiger charge is 2.31. The quantitative estimate of drug-likeness (QED) is 0.614. The Morgan fingerprint density at radius 2 is 1.70 bits per heavy atom. The van der Waals surface area contributed by atoms with Crippen LogP contribution in [0.5, 0.6) is 0 Å². The van der Waals surface area contributed by atoms with Gasteiger partial charge in [0.15, 0.2) is 0 Å². The Bertz CT molecular complexity index is 926. The fourth-order valence-electron chi connectivity index (χ4n) is 2.32. The van der Waals surface area contributed by atoms with Crippen LogP contribution in [0.1, 0.15) is 28.4 Å². The predicted molar refractivity (Wildman–Crippen MR) is 91.5 cm³/mol. The van der Waals surface area contributed by atoms with E-state index in [9.17, 15) is 32.9 Å². The Morgan fingerprint density at radius 1 is 1.04 bits per heavy atom. The van der Waals surface area contributed by atoms with Crippen molar-refractivity contribution in [3.8, 4) is 0 Å². The molecule has 0 radical (unpaired) electrons. The van der Waals surface area contributed by atoms with Crippen molar-refractivity contribution in [3.05, 3.63) is 63.2 Å². The summed E-state index contributed by atoms with van der Waals surface area (Å²) < 4.78 is 38.8. The van der Waals surface area contributed by atoms with Gasteiger partial charge in [-0.1, -0.05) is 0 Å². The third-order valence-electron chi connectivity index (χ3n) is 3.56. The van der Waals surface area contributed by atoms with Crippen LogP contribution in [0, 0.1) is 17.0 Å². The number of aryl methyl sites for hydroxylation is 1. The molecule has 0 aromatic heterocycles. The molecule has 0 atom stereocenters. The molecule has 2 aromatic carbocycles. The first-order chi connectivity index (χ1) is 12.5. The SMILES string of the molecule is CC(=O)Nc1ccc(C(F)(F)F)cc1NC(=O)c1ccc([N+](=O)[O-])c(C)c1. The van der Waals surface area contributed by atoms with Gasteiger partial charge >= 0.3 is 6.18 Å². The summed E-state index contributed by atoms with van der Waals surface area (Å²) in [5.41, 5.74) is -1.22. The van der Waals surface area contributed by atoms with Gasteiger partial charge in [0.2, 0.25) is 5.91 Å². The Balaban J connectivity index is 2.39. The molecule has 10 heteroatoms. The number of carbonyl (C=O) groups is 2. The zero-order chi connectivity index (χ0) is 20.4. The number of anilines is 2. The Morgan fingerprint density at radius 3 is 2.22 bits per heavy atom. The largest absolute Gasteiger partial charge is 0.416 e. The number of halogens is 3. The summed E-state index contributed by atoms with van der Waals surface area (Å²) in [5.74, 6) is -1.31. The van der Waals surface area contributed by atoms with E-state index >= 15 is 0 Å². The van der Waals surface area contributed by atoms with Crippen LogP contribution < -0.4 is 10.6 Å². The first-order valence-corrected chi connectivity index (χ1v) is 7.54. The van der Waals surface area contributed by atoms with Crippen LogP contribution in [0.25, 0.3) is 0 Å². The summed E-state index contributed by atoms with van der Waals surface area (Å²) >= 11 is 0. The van der Waals surface area contributed by atoms with Gasteiger partial charge in [-0.05, 0) is 37.3 Å².